The Morgan fingerprint density at radius 2 is 1.81 bits per heavy atom. The number of likely N-dealkylation sites (tertiary alicyclic amines) is 1. The molecule has 0 saturated carbocycles. The number of β-amino-alcohol motifs (C(OH)–C–C–N with tert-alkyl or cyclic N) is 1. The van der Waals surface area contributed by atoms with Crippen molar-refractivity contribution in [3.05, 3.63) is 83.7 Å². The lowest BCUT2D eigenvalue weighted by Gasteiger charge is -2.32. The summed E-state index contributed by atoms with van der Waals surface area (Å²) in [7, 11) is 0. The highest BCUT2D eigenvalue weighted by atomic mass is 16.5. The fourth-order valence-corrected chi connectivity index (χ4v) is 5.45. The van der Waals surface area contributed by atoms with Crippen LogP contribution in [-0.4, -0.2) is 63.3 Å². The van der Waals surface area contributed by atoms with Gasteiger partial charge in [0.2, 0.25) is 0 Å². The van der Waals surface area contributed by atoms with E-state index in [0.717, 1.165) is 36.9 Å². The van der Waals surface area contributed by atoms with E-state index in [-0.39, 0.29) is 24.7 Å². The summed E-state index contributed by atoms with van der Waals surface area (Å²) in [5.74, 6) is 1.59. The lowest BCUT2D eigenvalue weighted by molar-refractivity contribution is 0.0647. The zero-order valence-electron chi connectivity index (χ0n) is 24.8. The number of pyridine rings is 1. The molecule has 10 heteroatoms. The molecular formula is C33H39N5O5. The number of fused-ring (bicyclic) bond motifs is 1. The van der Waals surface area contributed by atoms with Gasteiger partial charge < -0.3 is 30.5 Å². The summed E-state index contributed by atoms with van der Waals surface area (Å²) in [6.45, 7) is 8.62. The van der Waals surface area contributed by atoms with E-state index in [2.05, 4.69) is 15.2 Å². The van der Waals surface area contributed by atoms with E-state index in [4.69, 9.17) is 15.2 Å². The minimum Gasteiger partial charge on any atom is -0.457 e. The fraction of sp³-hybridized carbons (Fsp3) is 0.364. The third kappa shape index (κ3) is 7.59. The minimum atomic E-state index is -0.571. The van der Waals surface area contributed by atoms with Crippen molar-refractivity contribution in [2.24, 2.45) is 5.73 Å². The van der Waals surface area contributed by atoms with Gasteiger partial charge in [0.15, 0.2) is 0 Å². The first-order valence-electron chi connectivity index (χ1n) is 14.7. The predicted molar refractivity (Wildman–Crippen MR) is 166 cm³/mol. The first kappa shape index (κ1) is 30.2. The van der Waals surface area contributed by atoms with Crippen LogP contribution in [0.2, 0.25) is 0 Å². The molecule has 1 aliphatic heterocycles. The Morgan fingerprint density at radius 1 is 1.07 bits per heavy atom. The molecule has 1 atom stereocenters. The van der Waals surface area contributed by atoms with Crippen LogP contribution in [0.1, 0.15) is 61.0 Å². The number of nitrogens with two attached hydrogens (primary N) is 1. The molecule has 1 fully saturated rings. The molecule has 0 bridgehead atoms. The van der Waals surface area contributed by atoms with Crippen LogP contribution in [0, 0.1) is 0 Å². The summed E-state index contributed by atoms with van der Waals surface area (Å²) in [6, 6.07) is 16.0. The van der Waals surface area contributed by atoms with E-state index in [1.165, 1.54) is 10.1 Å². The molecule has 0 aliphatic carbocycles. The monoisotopic (exact) mass is 585 g/mol. The number of primary amides is 1. The van der Waals surface area contributed by atoms with Gasteiger partial charge in [0.1, 0.15) is 17.3 Å². The summed E-state index contributed by atoms with van der Waals surface area (Å²) >= 11 is 0. The number of carbonyl (C=O) groups excluding carboxylic acids is 2. The Labute approximate surface area is 251 Å². The molecule has 1 aliphatic rings. The van der Waals surface area contributed by atoms with E-state index >= 15 is 0 Å². The molecule has 2 aromatic heterocycles. The Balaban J connectivity index is 1.26. The quantitative estimate of drug-likeness (QED) is 0.224. The van der Waals surface area contributed by atoms with E-state index in [1.54, 1.807) is 30.6 Å². The Kier molecular flexibility index (Phi) is 9.40. The maximum Gasteiger partial charge on any atom is 0.323 e. The zero-order chi connectivity index (χ0) is 30.5. The second kappa shape index (κ2) is 13.4. The number of hydrogen-bond acceptors (Lipinski definition) is 7. The summed E-state index contributed by atoms with van der Waals surface area (Å²) < 4.78 is 13.5. The number of carbonyl (C=O) groups is 2. The summed E-state index contributed by atoms with van der Waals surface area (Å²) in [6.07, 6.45) is 4.94. The molecule has 43 heavy (non-hydrogen) atoms. The van der Waals surface area contributed by atoms with Crippen molar-refractivity contribution < 1.29 is 24.2 Å². The van der Waals surface area contributed by atoms with Crippen LogP contribution in [0.15, 0.2) is 67.0 Å². The van der Waals surface area contributed by atoms with Crippen molar-refractivity contribution in [2.45, 2.75) is 58.3 Å². The molecule has 10 nitrogen and oxygen atoms in total. The average molecular weight is 586 g/mol. The van der Waals surface area contributed by atoms with Crippen molar-refractivity contribution >= 4 is 28.7 Å². The van der Waals surface area contributed by atoms with Gasteiger partial charge in [0.05, 0.1) is 24.3 Å². The van der Waals surface area contributed by atoms with Gasteiger partial charge >= 0.3 is 6.03 Å². The number of aliphatic hydroxyl groups is 1. The third-order valence-corrected chi connectivity index (χ3v) is 7.64. The largest absolute Gasteiger partial charge is 0.457 e. The summed E-state index contributed by atoms with van der Waals surface area (Å²) in [4.78, 5) is 31.5. The number of nitrogens with one attached hydrogen (secondary N) is 1. The van der Waals surface area contributed by atoms with Gasteiger partial charge in [0, 0.05) is 41.5 Å². The molecule has 4 aromatic rings. The number of nitrogens with zero attached hydrogens (tertiary/aromatic N) is 3. The Bertz CT molecular complexity index is 1570. The SMILES string of the molecule is CC(O)CN1CCC(c2ccc(C(=O)Nc3cc(Oc4cc5ccn(C(N)=O)c5cc4COC(C)C)ccn3)cc2)CC1. The number of amides is 2. The van der Waals surface area contributed by atoms with E-state index in [1.807, 2.05) is 57.2 Å². The third-order valence-electron chi connectivity index (χ3n) is 7.64. The van der Waals surface area contributed by atoms with Crippen molar-refractivity contribution in [3.63, 3.8) is 0 Å². The topological polar surface area (TPSA) is 132 Å². The predicted octanol–water partition coefficient (Wildman–Crippen LogP) is 5.49. The second-order valence-corrected chi connectivity index (χ2v) is 11.4. The van der Waals surface area contributed by atoms with Gasteiger partial charge in [-0.05, 0) is 94.6 Å². The molecule has 226 valence electrons. The van der Waals surface area contributed by atoms with Crippen molar-refractivity contribution in [1.29, 1.82) is 0 Å². The van der Waals surface area contributed by atoms with Crippen LogP contribution in [0.3, 0.4) is 0 Å². The maximum absolute atomic E-state index is 13.0. The first-order chi connectivity index (χ1) is 20.7. The average Bonchev–Trinajstić information content (AvgIpc) is 3.39. The molecule has 3 heterocycles. The molecule has 1 unspecified atom stereocenters. The molecule has 2 amide bonds. The number of ether oxygens (including phenoxy) is 2. The van der Waals surface area contributed by atoms with E-state index in [0.29, 0.717) is 40.9 Å². The lowest BCUT2D eigenvalue weighted by atomic mass is 9.89. The maximum atomic E-state index is 13.0. The number of piperidine rings is 1. The van der Waals surface area contributed by atoms with Crippen LogP contribution in [0.5, 0.6) is 11.5 Å². The number of rotatable bonds is 10. The molecule has 5 rings (SSSR count). The van der Waals surface area contributed by atoms with Crippen LogP contribution in [0.4, 0.5) is 10.6 Å². The van der Waals surface area contributed by atoms with Crippen LogP contribution in [0.25, 0.3) is 10.9 Å². The Morgan fingerprint density at radius 3 is 2.49 bits per heavy atom. The highest BCUT2D eigenvalue weighted by molar-refractivity contribution is 6.03. The van der Waals surface area contributed by atoms with Gasteiger partial charge in [-0.2, -0.15) is 0 Å². The Hall–Kier alpha value is -4.25. The molecular weight excluding hydrogens is 546 g/mol. The van der Waals surface area contributed by atoms with Gasteiger partial charge in [-0.3, -0.25) is 9.36 Å². The highest BCUT2D eigenvalue weighted by Gasteiger charge is 2.22. The van der Waals surface area contributed by atoms with Crippen molar-refractivity contribution in [3.8, 4) is 11.5 Å². The van der Waals surface area contributed by atoms with Crippen molar-refractivity contribution in [2.75, 3.05) is 25.0 Å². The van der Waals surface area contributed by atoms with Crippen LogP contribution >= 0.6 is 0 Å². The summed E-state index contributed by atoms with van der Waals surface area (Å²) in [5.41, 5.74) is 8.71. The van der Waals surface area contributed by atoms with Crippen LogP contribution in [-0.2, 0) is 11.3 Å². The molecule has 0 spiro atoms. The lowest BCUT2D eigenvalue weighted by Crippen LogP contribution is -2.37. The molecule has 2 aromatic carbocycles. The van der Waals surface area contributed by atoms with Gasteiger partial charge in [0.25, 0.3) is 5.91 Å². The first-order valence-corrected chi connectivity index (χ1v) is 14.7. The highest BCUT2D eigenvalue weighted by Crippen LogP contribution is 2.33. The molecule has 1 saturated heterocycles. The zero-order valence-corrected chi connectivity index (χ0v) is 24.8. The number of aromatic nitrogens is 2. The summed E-state index contributed by atoms with van der Waals surface area (Å²) in [5, 5.41) is 13.3. The van der Waals surface area contributed by atoms with Gasteiger partial charge in [-0.15, -0.1) is 0 Å². The van der Waals surface area contributed by atoms with Gasteiger partial charge in [-0.25, -0.2) is 9.78 Å². The van der Waals surface area contributed by atoms with Gasteiger partial charge in [-0.1, -0.05) is 12.1 Å². The number of aliphatic hydroxyl groups excluding tert-OH is 1. The smallest absolute Gasteiger partial charge is 0.323 e. The van der Waals surface area contributed by atoms with E-state index < -0.39 is 6.03 Å². The number of benzene rings is 2. The van der Waals surface area contributed by atoms with Crippen molar-refractivity contribution in [1.82, 2.24) is 14.5 Å². The molecule has 4 N–H and O–H groups in total. The van der Waals surface area contributed by atoms with E-state index in [9.17, 15) is 14.7 Å². The fourth-order valence-electron chi connectivity index (χ4n) is 5.45. The standard InChI is InChI=1S/C33H39N5O5/c1-21(2)42-20-27-16-29-26(11-15-38(29)33(34)41)17-30(27)43-28-8-12-35-31(18-28)36-32(40)25-6-4-23(5-7-25)24-9-13-37(14-10-24)19-22(3)39/h4-8,11-12,15-18,21-22,24,39H,9-10,13-14,19-20H2,1-3H3,(H2,34,41)(H,35,36,40). The number of anilines is 1. The number of hydrogen-bond donors (Lipinski definition) is 3. The second-order valence-electron chi connectivity index (χ2n) is 11.4. The minimum absolute atomic E-state index is 0.00269. The molecule has 0 radical (unpaired) electrons. The van der Waals surface area contributed by atoms with Crippen LogP contribution < -0.4 is 15.8 Å². The normalized spacial score (nSPS) is 15.1.